The lowest BCUT2D eigenvalue weighted by Crippen LogP contribution is -2.46. The fourth-order valence-electron chi connectivity index (χ4n) is 2.49. The van der Waals surface area contributed by atoms with E-state index in [1.165, 1.54) is 25.7 Å². The molecule has 0 atom stereocenters. The maximum absolute atomic E-state index is 5.38. The molecule has 0 unspecified atom stereocenters. The highest BCUT2D eigenvalue weighted by Gasteiger charge is 2.26. The molecule has 14 heavy (non-hydrogen) atoms. The second-order valence-corrected chi connectivity index (χ2v) is 4.89. The lowest BCUT2D eigenvalue weighted by Gasteiger charge is -2.38. The third-order valence-corrected chi connectivity index (χ3v) is 4.29. The Labute approximate surface area is 100 Å². The fourth-order valence-corrected chi connectivity index (χ4v) is 3.12. The highest BCUT2D eigenvalue weighted by molar-refractivity contribution is 14.1. The van der Waals surface area contributed by atoms with Gasteiger partial charge in [0.1, 0.15) is 0 Å². The summed E-state index contributed by atoms with van der Waals surface area (Å²) in [5.74, 6) is 0. The van der Waals surface area contributed by atoms with Gasteiger partial charge in [-0.3, -0.25) is 8.43 Å². The van der Waals surface area contributed by atoms with E-state index in [4.69, 9.17) is 4.74 Å². The van der Waals surface area contributed by atoms with Gasteiger partial charge < -0.3 is 4.74 Å². The largest absolute Gasteiger partial charge is 0.379 e. The van der Waals surface area contributed by atoms with Crippen LogP contribution in [0.2, 0.25) is 0 Å². The average molecular weight is 310 g/mol. The lowest BCUT2D eigenvalue weighted by atomic mass is 9.90. The second-order valence-electron chi connectivity index (χ2n) is 4.26. The number of hydrogen-bond donors (Lipinski definition) is 1. The summed E-state index contributed by atoms with van der Waals surface area (Å²) in [7, 11) is 0. The van der Waals surface area contributed by atoms with Crippen LogP contribution in [0.4, 0.5) is 0 Å². The fraction of sp³-hybridized carbons (Fsp3) is 1.00. The van der Waals surface area contributed by atoms with Gasteiger partial charge in [-0.1, -0.05) is 0 Å². The van der Waals surface area contributed by atoms with Crippen molar-refractivity contribution in [2.75, 3.05) is 26.3 Å². The van der Waals surface area contributed by atoms with Crippen LogP contribution in [-0.4, -0.2) is 43.3 Å². The van der Waals surface area contributed by atoms with Gasteiger partial charge in [0.05, 0.1) is 13.2 Å². The Morgan fingerprint density at radius 2 is 1.71 bits per heavy atom. The molecule has 1 aliphatic carbocycles. The van der Waals surface area contributed by atoms with Crippen LogP contribution < -0.4 is 3.53 Å². The van der Waals surface area contributed by atoms with Gasteiger partial charge in [0, 0.05) is 48.0 Å². The molecular formula is C10H19IN2O. The van der Waals surface area contributed by atoms with Gasteiger partial charge in [0.15, 0.2) is 0 Å². The molecule has 3 nitrogen and oxygen atoms in total. The zero-order valence-corrected chi connectivity index (χ0v) is 10.7. The van der Waals surface area contributed by atoms with Crippen molar-refractivity contribution in [2.24, 2.45) is 0 Å². The Morgan fingerprint density at radius 1 is 1.07 bits per heavy atom. The van der Waals surface area contributed by atoms with Crippen molar-refractivity contribution < 1.29 is 4.74 Å². The van der Waals surface area contributed by atoms with Crippen LogP contribution in [0.5, 0.6) is 0 Å². The molecular weight excluding hydrogens is 291 g/mol. The molecule has 1 saturated heterocycles. The summed E-state index contributed by atoms with van der Waals surface area (Å²) in [6.45, 7) is 4.16. The highest BCUT2D eigenvalue weighted by atomic mass is 127. The second kappa shape index (κ2) is 5.63. The molecule has 0 spiro atoms. The molecule has 0 bridgehead atoms. The van der Waals surface area contributed by atoms with E-state index >= 15 is 0 Å². The predicted molar refractivity (Wildman–Crippen MR) is 65.6 cm³/mol. The Kier molecular flexibility index (Phi) is 4.46. The third kappa shape index (κ3) is 2.81. The third-order valence-electron chi connectivity index (χ3n) is 3.41. The topological polar surface area (TPSA) is 24.5 Å². The molecule has 0 aromatic carbocycles. The molecule has 0 radical (unpaired) electrons. The maximum Gasteiger partial charge on any atom is 0.0594 e. The average Bonchev–Trinajstić information content (AvgIpc) is 2.30. The summed E-state index contributed by atoms with van der Waals surface area (Å²) in [4.78, 5) is 2.62. The van der Waals surface area contributed by atoms with E-state index in [2.05, 4.69) is 31.3 Å². The first-order valence-corrected chi connectivity index (χ1v) is 6.66. The van der Waals surface area contributed by atoms with Gasteiger partial charge in [-0.2, -0.15) is 0 Å². The van der Waals surface area contributed by atoms with Crippen molar-refractivity contribution in [1.29, 1.82) is 0 Å². The quantitative estimate of drug-likeness (QED) is 0.619. The van der Waals surface area contributed by atoms with Crippen LogP contribution >= 0.6 is 22.9 Å². The number of rotatable bonds is 2. The number of nitrogens with one attached hydrogen (secondary N) is 1. The molecule has 2 fully saturated rings. The number of nitrogens with zero attached hydrogens (tertiary/aromatic N) is 1. The Hall–Kier alpha value is 0.610. The molecule has 0 aromatic heterocycles. The monoisotopic (exact) mass is 310 g/mol. The van der Waals surface area contributed by atoms with E-state index in [-0.39, 0.29) is 0 Å². The van der Waals surface area contributed by atoms with Crippen LogP contribution in [0.1, 0.15) is 25.7 Å². The van der Waals surface area contributed by atoms with Gasteiger partial charge in [0.25, 0.3) is 0 Å². The van der Waals surface area contributed by atoms with Crippen molar-refractivity contribution in [1.82, 2.24) is 8.43 Å². The number of ether oxygens (including phenoxy) is 1. The standard InChI is InChI=1S/C10H19IN2O/c11-12-9-1-3-10(4-2-9)13-5-7-14-8-6-13/h9-10,12H,1-8H2/t9-,10-. The van der Waals surface area contributed by atoms with Crippen LogP contribution in [0.25, 0.3) is 0 Å². The number of halogens is 1. The van der Waals surface area contributed by atoms with E-state index in [1.54, 1.807) is 0 Å². The SMILES string of the molecule is IN[C@H]1CC[C@H](N2CCOCC2)CC1. The normalized spacial score (nSPS) is 35.8. The summed E-state index contributed by atoms with van der Waals surface area (Å²) in [6.07, 6.45) is 5.40. The molecule has 4 heteroatoms. The van der Waals surface area contributed by atoms with Crippen molar-refractivity contribution >= 4 is 22.9 Å². The van der Waals surface area contributed by atoms with Gasteiger partial charge in [0.2, 0.25) is 0 Å². The lowest BCUT2D eigenvalue weighted by molar-refractivity contribution is 0.00728. The zero-order valence-electron chi connectivity index (χ0n) is 8.54. The summed E-state index contributed by atoms with van der Waals surface area (Å²) in [5, 5.41) is 0. The van der Waals surface area contributed by atoms with Crippen molar-refractivity contribution in [2.45, 2.75) is 37.8 Å². The summed E-state index contributed by atoms with van der Waals surface area (Å²) in [6, 6.07) is 1.59. The van der Waals surface area contributed by atoms with E-state index in [0.29, 0.717) is 0 Å². The first kappa shape index (κ1) is 11.1. The highest BCUT2D eigenvalue weighted by Crippen LogP contribution is 2.24. The van der Waals surface area contributed by atoms with Crippen LogP contribution in [0.3, 0.4) is 0 Å². The smallest absolute Gasteiger partial charge is 0.0594 e. The van der Waals surface area contributed by atoms with Gasteiger partial charge in [-0.15, -0.1) is 0 Å². The van der Waals surface area contributed by atoms with Crippen molar-refractivity contribution in [3.8, 4) is 0 Å². The van der Waals surface area contributed by atoms with Gasteiger partial charge >= 0.3 is 0 Å². The first-order chi connectivity index (χ1) is 6.90. The summed E-state index contributed by atoms with van der Waals surface area (Å²) < 4.78 is 8.73. The molecule has 82 valence electrons. The Balaban J connectivity index is 1.76. The van der Waals surface area contributed by atoms with Gasteiger partial charge in [-0.25, -0.2) is 0 Å². The minimum atomic E-state index is 0.757. The van der Waals surface area contributed by atoms with Gasteiger partial charge in [-0.05, 0) is 25.7 Å². The molecule has 2 aliphatic rings. The summed E-state index contributed by atoms with van der Waals surface area (Å²) >= 11 is 2.28. The van der Waals surface area contributed by atoms with E-state index in [9.17, 15) is 0 Å². The molecule has 1 aliphatic heterocycles. The zero-order chi connectivity index (χ0) is 9.80. The van der Waals surface area contributed by atoms with E-state index in [0.717, 1.165) is 38.4 Å². The van der Waals surface area contributed by atoms with Crippen LogP contribution in [-0.2, 0) is 4.74 Å². The predicted octanol–water partition coefficient (Wildman–Crippen LogP) is 1.57. The molecule has 2 rings (SSSR count). The molecule has 1 saturated carbocycles. The number of morpholine rings is 1. The summed E-state index contributed by atoms with van der Waals surface area (Å²) in [5.41, 5.74) is 0. The van der Waals surface area contributed by atoms with Crippen molar-refractivity contribution in [3.63, 3.8) is 0 Å². The van der Waals surface area contributed by atoms with Crippen LogP contribution in [0.15, 0.2) is 0 Å². The molecule has 1 heterocycles. The number of hydrogen-bond acceptors (Lipinski definition) is 3. The minimum absolute atomic E-state index is 0.757. The molecule has 1 N–H and O–H groups in total. The maximum atomic E-state index is 5.38. The Bertz CT molecular complexity index is 166. The first-order valence-electron chi connectivity index (χ1n) is 5.58. The minimum Gasteiger partial charge on any atom is -0.379 e. The molecule has 0 aromatic rings. The van der Waals surface area contributed by atoms with Crippen molar-refractivity contribution in [3.05, 3.63) is 0 Å². The molecule has 0 amide bonds. The van der Waals surface area contributed by atoms with Crippen LogP contribution in [0, 0.1) is 0 Å². The Morgan fingerprint density at radius 3 is 2.29 bits per heavy atom. The van der Waals surface area contributed by atoms with E-state index in [1.807, 2.05) is 0 Å². The van der Waals surface area contributed by atoms with E-state index < -0.39 is 0 Å².